The number of para-hydroxylation sites is 1. The van der Waals surface area contributed by atoms with Crippen LogP contribution in [-0.4, -0.2) is 17.1 Å². The molecule has 0 fully saturated rings. The van der Waals surface area contributed by atoms with E-state index in [1.165, 1.54) is 7.11 Å². The molecule has 0 atom stereocenters. The first-order chi connectivity index (χ1) is 9.60. The summed E-state index contributed by atoms with van der Waals surface area (Å²) in [5.41, 5.74) is 1.15. The summed E-state index contributed by atoms with van der Waals surface area (Å²) in [5, 5.41) is 0.340. The van der Waals surface area contributed by atoms with Crippen molar-refractivity contribution in [2.45, 2.75) is 26.4 Å². The van der Waals surface area contributed by atoms with Gasteiger partial charge in [-0.3, -0.25) is 0 Å². The highest BCUT2D eigenvalue weighted by molar-refractivity contribution is 6.29. The summed E-state index contributed by atoms with van der Waals surface area (Å²) in [6, 6.07) is 9.51. The molecule has 0 aliphatic carbocycles. The SMILES string of the molecule is COc1cc(Cl)nc(COc2ccccc2C(C)C)n1. The van der Waals surface area contributed by atoms with Crippen molar-refractivity contribution >= 4 is 11.6 Å². The van der Waals surface area contributed by atoms with Gasteiger partial charge >= 0.3 is 0 Å². The highest BCUT2D eigenvalue weighted by Gasteiger charge is 2.09. The molecule has 0 aliphatic rings. The van der Waals surface area contributed by atoms with Gasteiger partial charge in [-0.05, 0) is 17.5 Å². The Bertz CT molecular complexity index is 588. The van der Waals surface area contributed by atoms with E-state index in [1.54, 1.807) is 6.07 Å². The van der Waals surface area contributed by atoms with Crippen LogP contribution in [-0.2, 0) is 6.61 Å². The zero-order chi connectivity index (χ0) is 14.5. The lowest BCUT2D eigenvalue weighted by atomic mass is 10.0. The summed E-state index contributed by atoms with van der Waals surface area (Å²) >= 11 is 5.91. The smallest absolute Gasteiger partial charge is 0.217 e. The topological polar surface area (TPSA) is 44.2 Å². The third kappa shape index (κ3) is 3.61. The molecule has 0 saturated heterocycles. The van der Waals surface area contributed by atoms with E-state index < -0.39 is 0 Å². The van der Waals surface area contributed by atoms with Gasteiger partial charge in [-0.15, -0.1) is 0 Å². The van der Waals surface area contributed by atoms with Crippen LogP contribution in [0.25, 0.3) is 0 Å². The summed E-state index contributed by atoms with van der Waals surface area (Å²) in [6.07, 6.45) is 0. The summed E-state index contributed by atoms with van der Waals surface area (Å²) in [4.78, 5) is 8.32. The molecular weight excluding hydrogens is 276 g/mol. The molecule has 1 aromatic carbocycles. The predicted octanol–water partition coefficient (Wildman–Crippen LogP) is 3.84. The van der Waals surface area contributed by atoms with Crippen molar-refractivity contribution in [3.05, 3.63) is 46.9 Å². The fourth-order valence-corrected chi connectivity index (χ4v) is 2.03. The minimum atomic E-state index is 0.251. The normalized spacial score (nSPS) is 10.7. The monoisotopic (exact) mass is 292 g/mol. The van der Waals surface area contributed by atoms with Gasteiger partial charge in [-0.25, -0.2) is 4.98 Å². The molecule has 106 valence electrons. The van der Waals surface area contributed by atoms with Crippen molar-refractivity contribution in [1.29, 1.82) is 0 Å². The number of rotatable bonds is 5. The molecule has 0 aliphatic heterocycles. The van der Waals surface area contributed by atoms with E-state index in [-0.39, 0.29) is 6.61 Å². The van der Waals surface area contributed by atoms with Crippen molar-refractivity contribution in [3.63, 3.8) is 0 Å². The number of benzene rings is 1. The quantitative estimate of drug-likeness (QED) is 0.785. The lowest BCUT2D eigenvalue weighted by Gasteiger charge is -2.13. The second-order valence-electron chi connectivity index (χ2n) is 4.63. The van der Waals surface area contributed by atoms with E-state index in [0.29, 0.717) is 22.8 Å². The molecule has 0 saturated carbocycles. The van der Waals surface area contributed by atoms with Crippen LogP contribution in [0.2, 0.25) is 5.15 Å². The van der Waals surface area contributed by atoms with E-state index in [9.17, 15) is 0 Å². The molecule has 1 aromatic heterocycles. The van der Waals surface area contributed by atoms with Crippen molar-refractivity contribution in [2.24, 2.45) is 0 Å². The summed E-state index contributed by atoms with van der Waals surface area (Å²) in [7, 11) is 1.54. The molecule has 0 amide bonds. The van der Waals surface area contributed by atoms with Crippen LogP contribution >= 0.6 is 11.6 Å². The summed E-state index contributed by atoms with van der Waals surface area (Å²) in [6.45, 7) is 4.50. The van der Waals surface area contributed by atoms with Crippen LogP contribution in [0.15, 0.2) is 30.3 Å². The number of hydrogen-bond acceptors (Lipinski definition) is 4. The highest BCUT2D eigenvalue weighted by atomic mass is 35.5. The average Bonchev–Trinajstić information content (AvgIpc) is 2.44. The molecule has 2 aromatic rings. The number of aromatic nitrogens is 2. The second kappa shape index (κ2) is 6.57. The fourth-order valence-electron chi connectivity index (χ4n) is 1.84. The van der Waals surface area contributed by atoms with E-state index >= 15 is 0 Å². The minimum Gasteiger partial charge on any atom is -0.485 e. The Labute approximate surface area is 123 Å². The van der Waals surface area contributed by atoms with E-state index in [2.05, 4.69) is 29.9 Å². The lowest BCUT2D eigenvalue weighted by molar-refractivity contribution is 0.288. The predicted molar refractivity (Wildman–Crippen MR) is 78.5 cm³/mol. The van der Waals surface area contributed by atoms with Gasteiger partial charge in [0.25, 0.3) is 0 Å². The van der Waals surface area contributed by atoms with Crippen LogP contribution in [0.3, 0.4) is 0 Å². The molecule has 0 radical (unpaired) electrons. The first kappa shape index (κ1) is 14.6. The number of methoxy groups -OCH3 is 1. The first-order valence-electron chi connectivity index (χ1n) is 6.39. The van der Waals surface area contributed by atoms with Crippen LogP contribution in [0.1, 0.15) is 31.2 Å². The lowest BCUT2D eigenvalue weighted by Crippen LogP contribution is -2.05. The Morgan fingerprint density at radius 2 is 1.95 bits per heavy atom. The molecule has 0 spiro atoms. The minimum absolute atomic E-state index is 0.251. The number of hydrogen-bond donors (Lipinski definition) is 0. The van der Waals surface area contributed by atoms with Gasteiger partial charge in [0.1, 0.15) is 17.5 Å². The largest absolute Gasteiger partial charge is 0.485 e. The molecule has 5 heteroatoms. The Morgan fingerprint density at radius 1 is 1.20 bits per heavy atom. The number of nitrogens with zero attached hydrogens (tertiary/aromatic N) is 2. The maximum absolute atomic E-state index is 5.91. The van der Waals surface area contributed by atoms with Crippen LogP contribution in [0.4, 0.5) is 0 Å². The highest BCUT2D eigenvalue weighted by Crippen LogP contribution is 2.26. The molecule has 0 bridgehead atoms. The number of ether oxygens (including phenoxy) is 2. The third-order valence-electron chi connectivity index (χ3n) is 2.82. The molecule has 1 heterocycles. The Hall–Kier alpha value is -1.81. The maximum atomic E-state index is 5.91. The van der Waals surface area contributed by atoms with Gasteiger partial charge in [0.15, 0.2) is 5.82 Å². The van der Waals surface area contributed by atoms with Gasteiger partial charge in [-0.2, -0.15) is 4.98 Å². The molecule has 2 rings (SSSR count). The van der Waals surface area contributed by atoms with E-state index in [4.69, 9.17) is 21.1 Å². The van der Waals surface area contributed by atoms with Gasteiger partial charge < -0.3 is 9.47 Å². The van der Waals surface area contributed by atoms with Crippen molar-refractivity contribution in [3.8, 4) is 11.6 Å². The zero-order valence-corrected chi connectivity index (χ0v) is 12.5. The third-order valence-corrected chi connectivity index (χ3v) is 3.02. The standard InChI is InChI=1S/C15H17ClN2O2/c1-10(2)11-6-4-5-7-12(11)20-9-14-17-13(16)8-15(18-14)19-3/h4-8,10H,9H2,1-3H3. The Morgan fingerprint density at radius 3 is 2.65 bits per heavy atom. The maximum Gasteiger partial charge on any atom is 0.217 e. The van der Waals surface area contributed by atoms with Crippen molar-refractivity contribution in [2.75, 3.05) is 7.11 Å². The van der Waals surface area contributed by atoms with E-state index in [1.807, 2.05) is 18.2 Å². The van der Waals surface area contributed by atoms with Gasteiger partial charge in [0.2, 0.25) is 5.88 Å². The molecule has 0 unspecified atom stereocenters. The van der Waals surface area contributed by atoms with Crippen LogP contribution in [0.5, 0.6) is 11.6 Å². The molecule has 20 heavy (non-hydrogen) atoms. The van der Waals surface area contributed by atoms with E-state index in [0.717, 1.165) is 11.3 Å². The summed E-state index contributed by atoms with van der Waals surface area (Å²) < 4.78 is 10.9. The Balaban J connectivity index is 2.15. The first-order valence-corrected chi connectivity index (χ1v) is 6.77. The van der Waals surface area contributed by atoms with Crippen molar-refractivity contribution < 1.29 is 9.47 Å². The molecule has 4 nitrogen and oxygen atoms in total. The second-order valence-corrected chi connectivity index (χ2v) is 5.02. The Kier molecular flexibility index (Phi) is 4.79. The summed E-state index contributed by atoms with van der Waals surface area (Å²) in [5.74, 6) is 2.15. The van der Waals surface area contributed by atoms with Crippen LogP contribution < -0.4 is 9.47 Å². The van der Waals surface area contributed by atoms with Gasteiger partial charge in [0, 0.05) is 6.07 Å². The molecular formula is C15H17ClN2O2. The van der Waals surface area contributed by atoms with Gasteiger partial charge in [0.05, 0.1) is 7.11 Å². The van der Waals surface area contributed by atoms with Crippen molar-refractivity contribution in [1.82, 2.24) is 9.97 Å². The van der Waals surface area contributed by atoms with Crippen LogP contribution in [0, 0.1) is 0 Å². The molecule has 0 N–H and O–H groups in total. The average molecular weight is 293 g/mol. The zero-order valence-electron chi connectivity index (χ0n) is 11.8. The number of halogens is 1. The fraction of sp³-hybridized carbons (Fsp3) is 0.333. The van der Waals surface area contributed by atoms with Gasteiger partial charge in [-0.1, -0.05) is 43.6 Å².